The first-order valence-corrected chi connectivity index (χ1v) is 6.53. The van der Waals surface area contributed by atoms with Crippen molar-refractivity contribution in [1.29, 1.82) is 0 Å². The maximum Gasteiger partial charge on any atom is 0.293 e. The summed E-state index contributed by atoms with van der Waals surface area (Å²) in [7, 11) is 1.47. The van der Waals surface area contributed by atoms with Gasteiger partial charge in [0.1, 0.15) is 5.69 Å². The van der Waals surface area contributed by atoms with Crippen LogP contribution in [0.5, 0.6) is 0 Å². The van der Waals surface area contributed by atoms with Crippen LogP contribution in [0.25, 0.3) is 0 Å². The molecule has 0 saturated heterocycles. The van der Waals surface area contributed by atoms with Crippen LogP contribution in [-0.2, 0) is 4.74 Å². The van der Waals surface area contributed by atoms with Gasteiger partial charge in [0.2, 0.25) is 0 Å². The molecule has 1 aromatic rings. The number of anilines is 1. The summed E-state index contributed by atoms with van der Waals surface area (Å²) in [4.78, 5) is 22.0. The van der Waals surface area contributed by atoms with E-state index in [1.165, 1.54) is 25.2 Å². The zero-order chi connectivity index (χ0) is 15.7. The molecule has 2 N–H and O–H groups in total. The predicted molar refractivity (Wildman–Crippen MR) is 80.6 cm³/mol. The lowest BCUT2D eigenvalue weighted by Gasteiger charge is -2.08. The number of nitrogens with one attached hydrogen (secondary N) is 2. The number of carbonyl (C=O) groups excluding carboxylic acids is 1. The summed E-state index contributed by atoms with van der Waals surface area (Å²) < 4.78 is 5.31. The fourth-order valence-corrected chi connectivity index (χ4v) is 1.64. The first-order valence-electron chi connectivity index (χ1n) is 6.53. The SMILES string of the molecule is C=CCCOCCNc1ccc(C(=O)NC)cc1[N+](=O)[O-]. The second kappa shape index (κ2) is 8.70. The van der Waals surface area contributed by atoms with Crippen molar-refractivity contribution in [3.05, 3.63) is 46.5 Å². The van der Waals surface area contributed by atoms with Crippen molar-refractivity contribution in [1.82, 2.24) is 5.32 Å². The molecule has 1 aromatic carbocycles. The monoisotopic (exact) mass is 293 g/mol. The minimum atomic E-state index is -0.520. The summed E-state index contributed by atoms with van der Waals surface area (Å²) in [6, 6.07) is 4.30. The predicted octanol–water partition coefficient (Wildman–Crippen LogP) is 1.96. The van der Waals surface area contributed by atoms with E-state index in [4.69, 9.17) is 4.74 Å². The number of rotatable bonds is 9. The van der Waals surface area contributed by atoms with Crippen molar-refractivity contribution in [3.63, 3.8) is 0 Å². The van der Waals surface area contributed by atoms with E-state index in [1.54, 1.807) is 6.08 Å². The number of nitrogens with zero attached hydrogens (tertiary/aromatic N) is 1. The molecular weight excluding hydrogens is 274 g/mol. The Morgan fingerprint density at radius 1 is 1.48 bits per heavy atom. The fourth-order valence-electron chi connectivity index (χ4n) is 1.64. The van der Waals surface area contributed by atoms with Crippen molar-refractivity contribution in [2.24, 2.45) is 0 Å². The molecule has 0 fully saturated rings. The second-order valence-corrected chi connectivity index (χ2v) is 4.18. The van der Waals surface area contributed by atoms with Gasteiger partial charge in [0, 0.05) is 25.2 Å². The molecule has 0 aliphatic heterocycles. The number of hydrogen-bond donors (Lipinski definition) is 2. The van der Waals surface area contributed by atoms with E-state index in [9.17, 15) is 14.9 Å². The Morgan fingerprint density at radius 3 is 2.86 bits per heavy atom. The Labute approximate surface area is 123 Å². The van der Waals surface area contributed by atoms with Crippen LogP contribution in [0.4, 0.5) is 11.4 Å². The molecule has 0 radical (unpaired) electrons. The molecule has 1 rings (SSSR count). The highest BCUT2D eigenvalue weighted by Crippen LogP contribution is 2.25. The molecular formula is C14H19N3O4. The maximum atomic E-state index is 11.5. The molecule has 0 aliphatic carbocycles. The van der Waals surface area contributed by atoms with Crippen molar-refractivity contribution < 1.29 is 14.5 Å². The lowest BCUT2D eigenvalue weighted by atomic mass is 10.1. The van der Waals surface area contributed by atoms with E-state index in [0.29, 0.717) is 25.4 Å². The van der Waals surface area contributed by atoms with E-state index in [-0.39, 0.29) is 17.2 Å². The third-order valence-corrected chi connectivity index (χ3v) is 2.71. The van der Waals surface area contributed by atoms with E-state index >= 15 is 0 Å². The van der Waals surface area contributed by atoms with E-state index in [2.05, 4.69) is 17.2 Å². The van der Waals surface area contributed by atoms with Crippen LogP contribution in [0, 0.1) is 10.1 Å². The van der Waals surface area contributed by atoms with Gasteiger partial charge >= 0.3 is 0 Å². The molecule has 1 amide bonds. The Morgan fingerprint density at radius 2 is 2.24 bits per heavy atom. The van der Waals surface area contributed by atoms with E-state index in [1.807, 2.05) is 0 Å². The van der Waals surface area contributed by atoms with Gasteiger partial charge in [-0.2, -0.15) is 0 Å². The van der Waals surface area contributed by atoms with Crippen molar-refractivity contribution in [2.45, 2.75) is 6.42 Å². The molecule has 7 nitrogen and oxygen atoms in total. The maximum absolute atomic E-state index is 11.5. The molecule has 0 aromatic heterocycles. The molecule has 0 bridgehead atoms. The summed E-state index contributed by atoms with van der Waals surface area (Å²) in [5.41, 5.74) is 0.471. The van der Waals surface area contributed by atoms with Crippen molar-refractivity contribution >= 4 is 17.3 Å². The van der Waals surface area contributed by atoms with Gasteiger partial charge in [0.15, 0.2) is 0 Å². The van der Waals surface area contributed by atoms with Crippen LogP contribution in [0.1, 0.15) is 16.8 Å². The number of benzene rings is 1. The van der Waals surface area contributed by atoms with Crippen molar-refractivity contribution in [3.8, 4) is 0 Å². The van der Waals surface area contributed by atoms with E-state index < -0.39 is 4.92 Å². The summed E-state index contributed by atoms with van der Waals surface area (Å²) in [6.45, 7) is 5.03. The third kappa shape index (κ3) is 5.23. The average Bonchev–Trinajstić information content (AvgIpc) is 2.49. The van der Waals surface area contributed by atoms with Gasteiger partial charge in [-0.15, -0.1) is 6.58 Å². The van der Waals surface area contributed by atoms with Crippen LogP contribution < -0.4 is 10.6 Å². The Bertz CT molecular complexity index is 517. The minimum absolute atomic E-state index is 0.137. The number of nitro groups is 1. The van der Waals surface area contributed by atoms with Gasteiger partial charge in [-0.3, -0.25) is 14.9 Å². The lowest BCUT2D eigenvalue weighted by Crippen LogP contribution is -2.18. The molecule has 21 heavy (non-hydrogen) atoms. The highest BCUT2D eigenvalue weighted by Gasteiger charge is 2.16. The zero-order valence-electron chi connectivity index (χ0n) is 11.9. The molecule has 0 heterocycles. The standard InChI is InChI=1S/C14H19N3O4/c1-3-4-8-21-9-7-16-12-6-5-11(14(18)15-2)10-13(12)17(19)20/h3,5-6,10,16H,1,4,7-9H2,2H3,(H,15,18). The number of nitro benzene ring substituents is 1. The number of ether oxygens (including phenoxy) is 1. The van der Waals surface area contributed by atoms with E-state index in [0.717, 1.165) is 6.42 Å². The Hall–Kier alpha value is -2.41. The van der Waals surface area contributed by atoms with Gasteiger partial charge < -0.3 is 15.4 Å². The Kier molecular flexibility index (Phi) is 6.90. The van der Waals surface area contributed by atoms with Crippen LogP contribution >= 0.6 is 0 Å². The highest BCUT2D eigenvalue weighted by molar-refractivity contribution is 5.95. The first kappa shape index (κ1) is 16.6. The largest absolute Gasteiger partial charge is 0.379 e. The molecule has 114 valence electrons. The molecule has 0 spiro atoms. The van der Waals surface area contributed by atoms with Crippen LogP contribution in [0.2, 0.25) is 0 Å². The first-order chi connectivity index (χ1) is 10.1. The zero-order valence-corrected chi connectivity index (χ0v) is 11.9. The number of amides is 1. The highest BCUT2D eigenvalue weighted by atomic mass is 16.6. The summed E-state index contributed by atoms with van der Waals surface area (Å²) in [6.07, 6.45) is 2.52. The summed E-state index contributed by atoms with van der Waals surface area (Å²) in [5, 5.41) is 16.4. The number of hydrogen-bond acceptors (Lipinski definition) is 5. The average molecular weight is 293 g/mol. The third-order valence-electron chi connectivity index (χ3n) is 2.71. The summed E-state index contributed by atoms with van der Waals surface area (Å²) in [5.74, 6) is -0.364. The van der Waals surface area contributed by atoms with Crippen LogP contribution in [-0.4, -0.2) is 37.6 Å². The van der Waals surface area contributed by atoms with Gasteiger partial charge in [-0.1, -0.05) is 6.08 Å². The smallest absolute Gasteiger partial charge is 0.293 e. The summed E-state index contributed by atoms with van der Waals surface area (Å²) >= 11 is 0. The quantitative estimate of drug-likeness (QED) is 0.314. The molecule has 0 saturated carbocycles. The van der Waals surface area contributed by atoms with Crippen molar-refractivity contribution in [2.75, 3.05) is 32.1 Å². The molecule has 0 atom stereocenters. The van der Waals surface area contributed by atoms with Crippen LogP contribution in [0.3, 0.4) is 0 Å². The van der Waals surface area contributed by atoms with Gasteiger partial charge in [0.05, 0.1) is 18.1 Å². The normalized spacial score (nSPS) is 9.95. The minimum Gasteiger partial charge on any atom is -0.379 e. The molecule has 0 aliphatic rings. The van der Waals surface area contributed by atoms with Gasteiger partial charge in [0.25, 0.3) is 11.6 Å². The molecule has 7 heteroatoms. The molecule has 0 unspecified atom stereocenters. The van der Waals surface area contributed by atoms with Gasteiger partial charge in [-0.05, 0) is 18.6 Å². The lowest BCUT2D eigenvalue weighted by molar-refractivity contribution is -0.384. The Balaban J connectivity index is 2.66. The van der Waals surface area contributed by atoms with Gasteiger partial charge in [-0.25, -0.2) is 0 Å². The van der Waals surface area contributed by atoms with Crippen LogP contribution in [0.15, 0.2) is 30.9 Å². The fraction of sp³-hybridized carbons (Fsp3) is 0.357. The topological polar surface area (TPSA) is 93.5 Å². The number of carbonyl (C=O) groups is 1. The second-order valence-electron chi connectivity index (χ2n) is 4.18.